The number of thioether (sulfide) groups is 1. The molecule has 162 valence electrons. The van der Waals surface area contributed by atoms with Crippen molar-refractivity contribution in [3.63, 3.8) is 0 Å². The van der Waals surface area contributed by atoms with E-state index in [9.17, 15) is 14.9 Å². The van der Waals surface area contributed by atoms with Gasteiger partial charge in [0.25, 0.3) is 11.2 Å². The number of rotatable bonds is 5. The fourth-order valence-corrected chi connectivity index (χ4v) is 6.50. The van der Waals surface area contributed by atoms with Gasteiger partial charge >= 0.3 is 0 Å². The van der Waals surface area contributed by atoms with Crippen molar-refractivity contribution in [3.8, 4) is 5.69 Å². The molecule has 0 fully saturated rings. The van der Waals surface area contributed by atoms with E-state index in [0.717, 1.165) is 51.6 Å². The van der Waals surface area contributed by atoms with E-state index in [2.05, 4.69) is 15.9 Å². The predicted octanol–water partition coefficient (Wildman–Crippen LogP) is 6.29. The molecule has 9 heteroatoms. The van der Waals surface area contributed by atoms with Crippen LogP contribution < -0.4 is 5.56 Å². The van der Waals surface area contributed by atoms with Crippen molar-refractivity contribution in [2.24, 2.45) is 0 Å². The second kappa shape index (κ2) is 8.80. The molecule has 0 amide bonds. The summed E-state index contributed by atoms with van der Waals surface area (Å²) in [6.07, 6.45) is 4.21. The van der Waals surface area contributed by atoms with Crippen molar-refractivity contribution in [1.29, 1.82) is 0 Å². The third-order valence-corrected chi connectivity index (χ3v) is 8.28. The van der Waals surface area contributed by atoms with Crippen LogP contribution in [-0.4, -0.2) is 14.5 Å². The van der Waals surface area contributed by atoms with E-state index in [1.165, 1.54) is 34.3 Å². The number of nitrogens with zero attached hydrogens (tertiary/aromatic N) is 3. The fraction of sp³-hybridized carbons (Fsp3) is 0.217. The van der Waals surface area contributed by atoms with Crippen LogP contribution in [-0.2, 0) is 18.6 Å². The molecule has 2 heterocycles. The highest BCUT2D eigenvalue weighted by molar-refractivity contribution is 9.10. The van der Waals surface area contributed by atoms with Crippen molar-refractivity contribution >= 4 is 54.9 Å². The van der Waals surface area contributed by atoms with Crippen LogP contribution in [0.1, 0.15) is 28.8 Å². The average Bonchev–Trinajstić information content (AvgIpc) is 3.17. The van der Waals surface area contributed by atoms with E-state index in [1.807, 2.05) is 24.3 Å². The van der Waals surface area contributed by atoms with Gasteiger partial charge in [0.05, 0.1) is 16.0 Å². The number of aromatic nitrogens is 2. The molecule has 0 aliphatic heterocycles. The first-order chi connectivity index (χ1) is 15.5. The monoisotopic (exact) mass is 527 g/mol. The molecule has 0 spiro atoms. The molecule has 0 atom stereocenters. The molecule has 32 heavy (non-hydrogen) atoms. The van der Waals surface area contributed by atoms with Gasteiger partial charge in [-0.3, -0.25) is 19.5 Å². The molecule has 0 saturated heterocycles. The van der Waals surface area contributed by atoms with E-state index >= 15 is 0 Å². The molecule has 0 bridgehead atoms. The normalized spacial score (nSPS) is 13.3. The van der Waals surface area contributed by atoms with Gasteiger partial charge in [-0.1, -0.05) is 39.8 Å². The topological polar surface area (TPSA) is 78.0 Å². The van der Waals surface area contributed by atoms with Gasteiger partial charge in [0, 0.05) is 27.2 Å². The Bertz CT molecular complexity index is 1380. The Morgan fingerprint density at radius 2 is 1.81 bits per heavy atom. The first-order valence-corrected chi connectivity index (χ1v) is 12.8. The van der Waals surface area contributed by atoms with E-state index in [1.54, 1.807) is 28.0 Å². The molecule has 5 rings (SSSR count). The number of non-ortho nitro benzene ring substituents is 1. The molecule has 2 aromatic heterocycles. The molecule has 0 unspecified atom stereocenters. The minimum atomic E-state index is -0.407. The molecule has 1 aliphatic carbocycles. The van der Waals surface area contributed by atoms with Gasteiger partial charge in [-0.05, 0) is 61.1 Å². The lowest BCUT2D eigenvalue weighted by Gasteiger charge is -2.14. The maximum absolute atomic E-state index is 13.7. The van der Waals surface area contributed by atoms with Crippen molar-refractivity contribution in [2.75, 3.05) is 0 Å². The largest absolute Gasteiger partial charge is 0.269 e. The summed E-state index contributed by atoms with van der Waals surface area (Å²) in [5, 5.41) is 12.3. The van der Waals surface area contributed by atoms with Gasteiger partial charge in [-0.15, -0.1) is 11.3 Å². The highest BCUT2D eigenvalue weighted by Gasteiger charge is 2.23. The van der Waals surface area contributed by atoms with E-state index in [0.29, 0.717) is 10.9 Å². The molecule has 0 radical (unpaired) electrons. The molecular formula is C23H18BrN3O3S2. The first-order valence-electron chi connectivity index (χ1n) is 10.2. The van der Waals surface area contributed by atoms with E-state index in [-0.39, 0.29) is 11.2 Å². The van der Waals surface area contributed by atoms with Gasteiger partial charge in [0.2, 0.25) is 0 Å². The third-order valence-electron chi connectivity index (χ3n) is 5.56. The minimum absolute atomic E-state index is 0.0251. The lowest BCUT2D eigenvalue weighted by atomic mass is 9.97. The lowest BCUT2D eigenvalue weighted by Crippen LogP contribution is -2.22. The van der Waals surface area contributed by atoms with Crippen molar-refractivity contribution < 1.29 is 4.92 Å². The Morgan fingerprint density at radius 1 is 1.09 bits per heavy atom. The highest BCUT2D eigenvalue weighted by atomic mass is 79.9. The number of nitro benzene ring substituents is 1. The van der Waals surface area contributed by atoms with Gasteiger partial charge < -0.3 is 0 Å². The van der Waals surface area contributed by atoms with Crippen LogP contribution in [0, 0.1) is 10.1 Å². The van der Waals surface area contributed by atoms with Gasteiger partial charge in [-0.25, -0.2) is 4.98 Å². The quantitative estimate of drug-likeness (QED) is 0.132. The first kappa shape index (κ1) is 21.4. The Hall–Kier alpha value is -2.49. The lowest BCUT2D eigenvalue weighted by molar-refractivity contribution is -0.384. The molecular weight excluding hydrogens is 510 g/mol. The predicted molar refractivity (Wildman–Crippen MR) is 132 cm³/mol. The van der Waals surface area contributed by atoms with Crippen LogP contribution in [0.15, 0.2) is 63.0 Å². The standard InChI is InChI=1S/C23H18BrN3O3S2/c24-15-7-11-16(12-8-15)26-22(28)20-18-3-1-2-4-19(18)32-21(20)25-23(26)31-13-14-5-9-17(10-6-14)27(29)30/h5-12H,1-4,13H2. The van der Waals surface area contributed by atoms with Crippen molar-refractivity contribution in [1.82, 2.24) is 9.55 Å². The van der Waals surface area contributed by atoms with Crippen molar-refractivity contribution in [3.05, 3.63) is 89.5 Å². The average molecular weight is 528 g/mol. The van der Waals surface area contributed by atoms with Gasteiger partial charge in [0.1, 0.15) is 4.83 Å². The van der Waals surface area contributed by atoms with E-state index in [4.69, 9.17) is 4.98 Å². The maximum atomic E-state index is 13.7. The molecule has 2 aromatic carbocycles. The van der Waals surface area contributed by atoms with Crippen LogP contribution in [0.2, 0.25) is 0 Å². The van der Waals surface area contributed by atoms with E-state index < -0.39 is 4.92 Å². The van der Waals surface area contributed by atoms with Crippen LogP contribution in [0.5, 0.6) is 0 Å². The highest BCUT2D eigenvalue weighted by Crippen LogP contribution is 2.35. The number of fused-ring (bicyclic) bond motifs is 3. The Labute approximate surface area is 200 Å². The smallest absolute Gasteiger partial charge is 0.268 e. The second-order valence-electron chi connectivity index (χ2n) is 7.61. The zero-order valence-corrected chi connectivity index (χ0v) is 20.1. The van der Waals surface area contributed by atoms with Gasteiger partial charge in [0.15, 0.2) is 5.16 Å². The number of halogens is 1. The number of hydrogen-bond acceptors (Lipinski definition) is 6. The summed E-state index contributed by atoms with van der Waals surface area (Å²) < 4.78 is 2.64. The van der Waals surface area contributed by atoms with Crippen LogP contribution in [0.25, 0.3) is 15.9 Å². The zero-order valence-electron chi connectivity index (χ0n) is 16.9. The molecule has 1 aliphatic rings. The second-order valence-corrected chi connectivity index (χ2v) is 10.6. The van der Waals surface area contributed by atoms with Crippen LogP contribution in [0.3, 0.4) is 0 Å². The Kier molecular flexibility index (Phi) is 5.88. The number of aryl methyl sites for hydroxylation is 2. The fourth-order valence-electron chi connectivity index (χ4n) is 3.96. The molecule has 4 aromatic rings. The third kappa shape index (κ3) is 4.00. The summed E-state index contributed by atoms with van der Waals surface area (Å²) in [7, 11) is 0. The summed E-state index contributed by atoms with van der Waals surface area (Å²) in [4.78, 5) is 31.3. The zero-order chi connectivity index (χ0) is 22.2. The summed E-state index contributed by atoms with van der Waals surface area (Å²) in [5.74, 6) is 0.553. The summed E-state index contributed by atoms with van der Waals surface area (Å²) in [5.41, 5.74) is 2.92. The maximum Gasteiger partial charge on any atom is 0.269 e. The van der Waals surface area contributed by atoms with Crippen molar-refractivity contribution in [2.45, 2.75) is 36.6 Å². The summed E-state index contributed by atoms with van der Waals surface area (Å²) in [6, 6.07) is 14.1. The number of nitro groups is 1. The van der Waals surface area contributed by atoms with Gasteiger partial charge in [-0.2, -0.15) is 0 Å². The molecule has 6 nitrogen and oxygen atoms in total. The number of hydrogen-bond donors (Lipinski definition) is 0. The Balaban J connectivity index is 1.60. The SMILES string of the molecule is O=c1c2c3c(sc2nc(SCc2ccc([N+](=O)[O-])cc2)n1-c1ccc(Br)cc1)CCCC3. The minimum Gasteiger partial charge on any atom is -0.268 e. The molecule has 0 saturated carbocycles. The summed E-state index contributed by atoms with van der Waals surface area (Å²) in [6.45, 7) is 0. The summed E-state index contributed by atoms with van der Waals surface area (Å²) >= 11 is 6.57. The number of benzene rings is 2. The van der Waals surface area contributed by atoms with Crippen LogP contribution in [0.4, 0.5) is 5.69 Å². The van der Waals surface area contributed by atoms with Crippen LogP contribution >= 0.6 is 39.0 Å². The molecule has 0 N–H and O–H groups in total. The number of thiophene rings is 1. The Morgan fingerprint density at radius 3 is 2.53 bits per heavy atom.